The predicted molar refractivity (Wildman–Crippen MR) is 84.9 cm³/mol. The van der Waals surface area contributed by atoms with Crippen molar-refractivity contribution >= 4 is 37.5 Å². The van der Waals surface area contributed by atoms with E-state index >= 15 is 0 Å². The van der Waals surface area contributed by atoms with Gasteiger partial charge in [0.05, 0.1) is 11.3 Å². The normalized spacial score (nSPS) is 11.9. The molecule has 0 aliphatic carbocycles. The molecule has 0 fully saturated rings. The highest BCUT2D eigenvalue weighted by molar-refractivity contribution is 7.90. The van der Waals surface area contributed by atoms with Gasteiger partial charge in [-0.05, 0) is 48.2 Å². The van der Waals surface area contributed by atoms with Crippen molar-refractivity contribution in [2.45, 2.75) is 18.2 Å². The molecule has 2 heterocycles. The Bertz CT molecular complexity index is 1000. The number of carboxylic acids is 1. The zero-order chi connectivity index (χ0) is 16.8. The van der Waals surface area contributed by atoms with Gasteiger partial charge >= 0.3 is 5.97 Å². The van der Waals surface area contributed by atoms with Crippen LogP contribution in [0.5, 0.6) is 0 Å². The first-order valence-electron chi connectivity index (χ1n) is 6.62. The lowest BCUT2D eigenvalue weighted by Crippen LogP contribution is -2.14. The van der Waals surface area contributed by atoms with Gasteiger partial charge in [0.25, 0.3) is 10.0 Å². The SMILES string of the molecule is Cc1c(CC(=O)O)c2ccsc2n1S(=O)(=O)c1ccc(F)cc1. The molecule has 0 aliphatic rings. The van der Waals surface area contributed by atoms with E-state index in [-0.39, 0.29) is 11.3 Å². The molecule has 8 heteroatoms. The Kier molecular flexibility index (Phi) is 3.73. The number of aliphatic carboxylic acids is 1. The van der Waals surface area contributed by atoms with Gasteiger partial charge < -0.3 is 5.11 Å². The highest BCUT2D eigenvalue weighted by Gasteiger charge is 2.26. The molecular formula is C15H12FNO4S2. The lowest BCUT2D eigenvalue weighted by atomic mass is 10.1. The molecule has 2 aromatic heterocycles. The van der Waals surface area contributed by atoms with E-state index in [0.717, 1.165) is 16.1 Å². The molecule has 0 amide bonds. The van der Waals surface area contributed by atoms with Crippen LogP contribution in [0.3, 0.4) is 0 Å². The number of thiophene rings is 1. The second kappa shape index (κ2) is 5.47. The largest absolute Gasteiger partial charge is 0.481 e. The Morgan fingerprint density at radius 2 is 1.91 bits per heavy atom. The lowest BCUT2D eigenvalue weighted by molar-refractivity contribution is -0.136. The van der Waals surface area contributed by atoms with Gasteiger partial charge in [-0.15, -0.1) is 11.3 Å². The third kappa shape index (κ3) is 2.53. The molecule has 0 unspecified atom stereocenters. The first-order valence-corrected chi connectivity index (χ1v) is 8.94. The molecule has 0 spiro atoms. The molecule has 0 aliphatic heterocycles. The van der Waals surface area contributed by atoms with Crippen LogP contribution in [0, 0.1) is 12.7 Å². The van der Waals surface area contributed by atoms with Crippen molar-refractivity contribution in [3.05, 3.63) is 52.8 Å². The minimum Gasteiger partial charge on any atom is -0.481 e. The van der Waals surface area contributed by atoms with Crippen LogP contribution in [0.2, 0.25) is 0 Å². The maximum atomic E-state index is 13.0. The van der Waals surface area contributed by atoms with E-state index in [4.69, 9.17) is 5.11 Å². The molecule has 1 N–H and O–H groups in total. The van der Waals surface area contributed by atoms with E-state index in [2.05, 4.69) is 0 Å². The monoisotopic (exact) mass is 353 g/mol. The molecule has 3 aromatic rings. The Morgan fingerprint density at radius 1 is 1.26 bits per heavy atom. The van der Waals surface area contributed by atoms with Crippen LogP contribution in [0.4, 0.5) is 4.39 Å². The van der Waals surface area contributed by atoms with Crippen molar-refractivity contribution in [1.29, 1.82) is 0 Å². The number of carboxylic acid groups (broad SMARTS) is 1. The Labute approximate surface area is 135 Å². The van der Waals surface area contributed by atoms with Crippen LogP contribution >= 0.6 is 11.3 Å². The van der Waals surface area contributed by atoms with E-state index in [1.807, 2.05) is 0 Å². The average molecular weight is 353 g/mol. The Morgan fingerprint density at radius 3 is 2.52 bits per heavy atom. The minimum absolute atomic E-state index is 0.0471. The zero-order valence-corrected chi connectivity index (χ0v) is 13.6. The molecule has 23 heavy (non-hydrogen) atoms. The number of carbonyl (C=O) groups is 1. The zero-order valence-electron chi connectivity index (χ0n) is 12.0. The summed E-state index contributed by atoms with van der Waals surface area (Å²) in [6.07, 6.45) is -0.259. The van der Waals surface area contributed by atoms with Crippen LogP contribution in [0.15, 0.2) is 40.6 Å². The minimum atomic E-state index is -3.93. The van der Waals surface area contributed by atoms with Gasteiger partial charge in [-0.2, -0.15) is 0 Å². The van der Waals surface area contributed by atoms with E-state index in [9.17, 15) is 17.6 Å². The summed E-state index contributed by atoms with van der Waals surface area (Å²) in [5, 5.41) is 11.4. The number of benzene rings is 1. The number of aromatic nitrogens is 1. The number of hydrogen-bond acceptors (Lipinski definition) is 4. The average Bonchev–Trinajstić information content (AvgIpc) is 3.02. The molecule has 120 valence electrons. The van der Waals surface area contributed by atoms with Gasteiger partial charge in [0.1, 0.15) is 10.6 Å². The molecule has 0 bridgehead atoms. The molecule has 5 nitrogen and oxygen atoms in total. The summed E-state index contributed by atoms with van der Waals surface area (Å²) in [7, 11) is -3.93. The number of fused-ring (bicyclic) bond motifs is 1. The summed E-state index contributed by atoms with van der Waals surface area (Å²) in [4.78, 5) is 11.5. The van der Waals surface area contributed by atoms with E-state index in [0.29, 0.717) is 21.5 Å². The summed E-state index contributed by atoms with van der Waals surface area (Å²) < 4.78 is 39.9. The summed E-state index contributed by atoms with van der Waals surface area (Å²) >= 11 is 1.22. The summed E-state index contributed by atoms with van der Waals surface area (Å²) in [5.74, 6) is -1.56. The van der Waals surface area contributed by atoms with Crippen LogP contribution < -0.4 is 0 Å². The second-order valence-electron chi connectivity index (χ2n) is 5.00. The standard InChI is InChI=1S/C15H12FNO4S2/c1-9-13(8-14(18)19)12-6-7-22-15(12)17(9)23(20,21)11-4-2-10(16)3-5-11/h2-7H,8H2,1H3,(H,18,19). The van der Waals surface area contributed by atoms with Crippen LogP contribution in [0.25, 0.3) is 10.2 Å². The molecule has 0 atom stereocenters. The van der Waals surface area contributed by atoms with Crippen molar-refractivity contribution in [1.82, 2.24) is 3.97 Å². The number of nitrogens with zero attached hydrogens (tertiary/aromatic N) is 1. The van der Waals surface area contributed by atoms with Crippen LogP contribution in [-0.2, 0) is 21.2 Å². The quantitative estimate of drug-likeness (QED) is 0.782. The van der Waals surface area contributed by atoms with Crippen LogP contribution in [-0.4, -0.2) is 23.5 Å². The fraction of sp³-hybridized carbons (Fsp3) is 0.133. The molecule has 0 radical (unpaired) electrons. The highest BCUT2D eigenvalue weighted by atomic mass is 32.2. The van der Waals surface area contributed by atoms with Crippen molar-refractivity contribution < 1.29 is 22.7 Å². The molecule has 0 saturated heterocycles. The predicted octanol–water partition coefficient (Wildman–Crippen LogP) is 3.01. The molecule has 0 saturated carbocycles. The lowest BCUT2D eigenvalue weighted by Gasteiger charge is -2.09. The fourth-order valence-electron chi connectivity index (χ4n) is 2.53. The first kappa shape index (κ1) is 15.7. The van der Waals surface area contributed by atoms with Gasteiger partial charge in [0.2, 0.25) is 0 Å². The summed E-state index contributed by atoms with van der Waals surface area (Å²) in [6.45, 7) is 1.58. The molecule has 1 aromatic carbocycles. The van der Waals surface area contributed by atoms with Crippen LogP contribution in [0.1, 0.15) is 11.3 Å². The number of rotatable bonds is 4. The van der Waals surface area contributed by atoms with Gasteiger partial charge in [-0.3, -0.25) is 4.79 Å². The third-order valence-corrected chi connectivity index (χ3v) is 6.39. The van der Waals surface area contributed by atoms with E-state index in [1.165, 1.54) is 23.5 Å². The van der Waals surface area contributed by atoms with Crippen molar-refractivity contribution in [3.8, 4) is 0 Å². The molecule has 3 rings (SSSR count). The van der Waals surface area contributed by atoms with Gasteiger partial charge in [-0.1, -0.05) is 0 Å². The topological polar surface area (TPSA) is 76.4 Å². The van der Waals surface area contributed by atoms with Gasteiger partial charge in [-0.25, -0.2) is 16.8 Å². The van der Waals surface area contributed by atoms with E-state index < -0.39 is 21.8 Å². The maximum absolute atomic E-state index is 13.0. The van der Waals surface area contributed by atoms with Crippen molar-refractivity contribution in [2.75, 3.05) is 0 Å². The van der Waals surface area contributed by atoms with E-state index in [1.54, 1.807) is 18.4 Å². The molecular weight excluding hydrogens is 341 g/mol. The smallest absolute Gasteiger partial charge is 0.307 e. The van der Waals surface area contributed by atoms with Crippen molar-refractivity contribution in [3.63, 3.8) is 0 Å². The second-order valence-corrected chi connectivity index (χ2v) is 7.68. The maximum Gasteiger partial charge on any atom is 0.307 e. The van der Waals surface area contributed by atoms with Gasteiger partial charge in [0, 0.05) is 11.1 Å². The fourth-order valence-corrected chi connectivity index (χ4v) is 5.32. The highest BCUT2D eigenvalue weighted by Crippen LogP contribution is 2.33. The number of hydrogen-bond donors (Lipinski definition) is 1. The number of halogens is 1. The summed E-state index contributed by atoms with van der Waals surface area (Å²) in [6, 6.07) is 6.26. The van der Waals surface area contributed by atoms with Gasteiger partial charge in [0.15, 0.2) is 0 Å². The Hall–Kier alpha value is -2.19. The Balaban J connectivity index is 2.27. The third-order valence-electron chi connectivity index (χ3n) is 3.58. The van der Waals surface area contributed by atoms with Crippen molar-refractivity contribution in [2.24, 2.45) is 0 Å². The summed E-state index contributed by atoms with van der Waals surface area (Å²) in [5.41, 5.74) is 0.831. The first-order chi connectivity index (χ1) is 10.8.